The standard InChI is InChI=1S/C15H31N3O/c1-5-17(6-2)11-13-7-9-18(10-8-13)15(19)14(16)12(3)4/h12-14H,5-11,16H2,1-4H3/t14-/m0/s1. The molecule has 0 aromatic heterocycles. The smallest absolute Gasteiger partial charge is 0.239 e. The van der Waals surface area contributed by atoms with E-state index < -0.39 is 0 Å². The summed E-state index contributed by atoms with van der Waals surface area (Å²) in [5.41, 5.74) is 5.95. The van der Waals surface area contributed by atoms with Gasteiger partial charge in [0, 0.05) is 19.6 Å². The molecule has 1 heterocycles. The number of carbonyl (C=O) groups is 1. The van der Waals surface area contributed by atoms with Crippen LogP contribution in [0.5, 0.6) is 0 Å². The van der Waals surface area contributed by atoms with Gasteiger partial charge in [0.15, 0.2) is 0 Å². The van der Waals surface area contributed by atoms with Crippen LogP contribution < -0.4 is 5.73 Å². The van der Waals surface area contributed by atoms with Crippen LogP contribution in [0.25, 0.3) is 0 Å². The van der Waals surface area contributed by atoms with Crippen molar-refractivity contribution in [2.24, 2.45) is 17.6 Å². The third-order valence-corrected chi connectivity index (χ3v) is 4.34. The Morgan fingerprint density at radius 3 is 2.21 bits per heavy atom. The highest BCUT2D eigenvalue weighted by Gasteiger charge is 2.28. The molecule has 0 unspecified atom stereocenters. The number of nitrogens with zero attached hydrogens (tertiary/aromatic N) is 2. The van der Waals surface area contributed by atoms with E-state index in [9.17, 15) is 4.79 Å². The van der Waals surface area contributed by atoms with Gasteiger partial charge in [-0.15, -0.1) is 0 Å². The molecule has 0 spiro atoms. The summed E-state index contributed by atoms with van der Waals surface area (Å²) in [4.78, 5) is 16.6. The fourth-order valence-corrected chi connectivity index (χ4v) is 2.68. The molecule has 1 saturated heterocycles. The summed E-state index contributed by atoms with van der Waals surface area (Å²) < 4.78 is 0. The number of likely N-dealkylation sites (tertiary alicyclic amines) is 1. The maximum absolute atomic E-state index is 12.2. The lowest BCUT2D eigenvalue weighted by Gasteiger charge is -2.36. The summed E-state index contributed by atoms with van der Waals surface area (Å²) in [6.45, 7) is 13.6. The Labute approximate surface area is 118 Å². The highest BCUT2D eigenvalue weighted by Crippen LogP contribution is 2.19. The highest BCUT2D eigenvalue weighted by atomic mass is 16.2. The van der Waals surface area contributed by atoms with Crippen molar-refractivity contribution in [3.05, 3.63) is 0 Å². The van der Waals surface area contributed by atoms with Crippen LogP contribution in [0.3, 0.4) is 0 Å². The number of amides is 1. The average Bonchev–Trinajstić information content (AvgIpc) is 2.43. The third-order valence-electron chi connectivity index (χ3n) is 4.34. The van der Waals surface area contributed by atoms with E-state index in [-0.39, 0.29) is 17.9 Å². The van der Waals surface area contributed by atoms with E-state index in [1.807, 2.05) is 18.7 Å². The molecule has 0 bridgehead atoms. The molecular formula is C15H31N3O. The van der Waals surface area contributed by atoms with E-state index in [0.717, 1.165) is 44.9 Å². The van der Waals surface area contributed by atoms with Crippen molar-refractivity contribution in [1.82, 2.24) is 9.80 Å². The molecule has 4 heteroatoms. The summed E-state index contributed by atoms with van der Waals surface area (Å²) in [7, 11) is 0. The molecule has 1 fully saturated rings. The van der Waals surface area contributed by atoms with Crippen molar-refractivity contribution in [2.75, 3.05) is 32.7 Å². The van der Waals surface area contributed by atoms with E-state index in [1.54, 1.807) is 0 Å². The van der Waals surface area contributed by atoms with Crippen LogP contribution in [0.4, 0.5) is 0 Å². The van der Waals surface area contributed by atoms with Gasteiger partial charge in [0.1, 0.15) is 0 Å². The monoisotopic (exact) mass is 269 g/mol. The minimum Gasteiger partial charge on any atom is -0.341 e. The number of hydrogen-bond acceptors (Lipinski definition) is 3. The first-order valence-corrected chi connectivity index (χ1v) is 7.76. The van der Waals surface area contributed by atoms with Crippen molar-refractivity contribution in [3.63, 3.8) is 0 Å². The van der Waals surface area contributed by atoms with E-state index in [2.05, 4.69) is 18.7 Å². The Morgan fingerprint density at radius 1 is 1.26 bits per heavy atom. The van der Waals surface area contributed by atoms with E-state index >= 15 is 0 Å². The van der Waals surface area contributed by atoms with E-state index in [0.29, 0.717) is 0 Å². The van der Waals surface area contributed by atoms with Gasteiger partial charge < -0.3 is 15.5 Å². The minimum atomic E-state index is -0.334. The first-order valence-electron chi connectivity index (χ1n) is 7.76. The minimum absolute atomic E-state index is 0.135. The topological polar surface area (TPSA) is 49.6 Å². The third kappa shape index (κ3) is 4.77. The number of rotatable bonds is 6. The molecule has 0 aromatic rings. The average molecular weight is 269 g/mol. The van der Waals surface area contributed by atoms with Crippen molar-refractivity contribution in [1.29, 1.82) is 0 Å². The van der Waals surface area contributed by atoms with Crippen molar-refractivity contribution >= 4 is 5.91 Å². The maximum Gasteiger partial charge on any atom is 0.239 e. The highest BCUT2D eigenvalue weighted by molar-refractivity contribution is 5.82. The van der Waals surface area contributed by atoms with Gasteiger partial charge in [0.05, 0.1) is 6.04 Å². The van der Waals surface area contributed by atoms with Crippen molar-refractivity contribution in [2.45, 2.75) is 46.6 Å². The van der Waals surface area contributed by atoms with Gasteiger partial charge in [-0.3, -0.25) is 4.79 Å². The Morgan fingerprint density at radius 2 is 1.79 bits per heavy atom. The molecule has 1 aliphatic heterocycles. The number of carbonyl (C=O) groups excluding carboxylic acids is 1. The molecular weight excluding hydrogens is 238 g/mol. The largest absolute Gasteiger partial charge is 0.341 e. The fourth-order valence-electron chi connectivity index (χ4n) is 2.68. The molecule has 112 valence electrons. The van der Waals surface area contributed by atoms with Crippen molar-refractivity contribution < 1.29 is 4.79 Å². The van der Waals surface area contributed by atoms with Crippen LogP contribution in [-0.4, -0.2) is 54.5 Å². The summed E-state index contributed by atoms with van der Waals surface area (Å²) in [6, 6.07) is -0.334. The maximum atomic E-state index is 12.2. The van der Waals surface area contributed by atoms with Gasteiger partial charge >= 0.3 is 0 Å². The molecule has 1 atom stereocenters. The van der Waals surface area contributed by atoms with Gasteiger partial charge in [0.25, 0.3) is 0 Å². The zero-order chi connectivity index (χ0) is 14.4. The van der Waals surface area contributed by atoms with Crippen LogP contribution in [0.2, 0.25) is 0 Å². The van der Waals surface area contributed by atoms with Crippen LogP contribution in [-0.2, 0) is 4.79 Å². The second kappa shape index (κ2) is 7.85. The zero-order valence-electron chi connectivity index (χ0n) is 13.1. The Bertz CT molecular complexity index is 269. The first kappa shape index (κ1) is 16.4. The molecule has 19 heavy (non-hydrogen) atoms. The summed E-state index contributed by atoms with van der Waals surface area (Å²) in [5, 5.41) is 0. The molecule has 0 radical (unpaired) electrons. The second-order valence-electron chi connectivity index (χ2n) is 6.02. The SMILES string of the molecule is CCN(CC)CC1CCN(C(=O)[C@@H](N)C(C)C)CC1. The molecule has 0 aliphatic carbocycles. The fraction of sp³-hybridized carbons (Fsp3) is 0.933. The lowest BCUT2D eigenvalue weighted by atomic mass is 9.94. The lowest BCUT2D eigenvalue weighted by Crippen LogP contribution is -2.50. The molecule has 1 aliphatic rings. The molecule has 1 rings (SSSR count). The quantitative estimate of drug-likeness (QED) is 0.796. The van der Waals surface area contributed by atoms with Crippen molar-refractivity contribution in [3.8, 4) is 0 Å². The van der Waals surface area contributed by atoms with Gasteiger partial charge in [0.2, 0.25) is 5.91 Å². The Hall–Kier alpha value is -0.610. The molecule has 1 amide bonds. The normalized spacial score (nSPS) is 19.2. The van der Waals surface area contributed by atoms with Gasteiger partial charge in [-0.25, -0.2) is 0 Å². The van der Waals surface area contributed by atoms with Gasteiger partial charge in [-0.1, -0.05) is 27.7 Å². The Balaban J connectivity index is 2.38. The van der Waals surface area contributed by atoms with E-state index in [4.69, 9.17) is 5.73 Å². The van der Waals surface area contributed by atoms with Crippen LogP contribution in [0, 0.1) is 11.8 Å². The summed E-state index contributed by atoms with van der Waals surface area (Å²) in [6.07, 6.45) is 2.24. The molecule has 0 saturated carbocycles. The van der Waals surface area contributed by atoms with Crippen LogP contribution >= 0.6 is 0 Å². The molecule has 4 nitrogen and oxygen atoms in total. The number of piperidine rings is 1. The summed E-state index contributed by atoms with van der Waals surface area (Å²) in [5.74, 6) is 1.09. The first-order chi connectivity index (χ1) is 8.99. The molecule has 0 aromatic carbocycles. The summed E-state index contributed by atoms with van der Waals surface area (Å²) >= 11 is 0. The zero-order valence-corrected chi connectivity index (χ0v) is 13.1. The van der Waals surface area contributed by atoms with Gasteiger partial charge in [-0.05, 0) is 37.8 Å². The van der Waals surface area contributed by atoms with E-state index in [1.165, 1.54) is 6.54 Å². The van der Waals surface area contributed by atoms with Crippen LogP contribution in [0.1, 0.15) is 40.5 Å². The predicted octanol–water partition coefficient (Wildman–Crippen LogP) is 1.55. The van der Waals surface area contributed by atoms with Crippen LogP contribution in [0.15, 0.2) is 0 Å². The molecule has 2 N–H and O–H groups in total. The predicted molar refractivity (Wildman–Crippen MR) is 79.9 cm³/mol. The number of nitrogens with two attached hydrogens (primary N) is 1. The Kier molecular flexibility index (Phi) is 6.80. The number of hydrogen-bond donors (Lipinski definition) is 1. The van der Waals surface area contributed by atoms with Gasteiger partial charge in [-0.2, -0.15) is 0 Å². The lowest BCUT2D eigenvalue weighted by molar-refractivity contribution is -0.135. The second-order valence-corrected chi connectivity index (χ2v) is 6.02.